The lowest BCUT2D eigenvalue weighted by molar-refractivity contribution is 0.0945. The summed E-state index contributed by atoms with van der Waals surface area (Å²) >= 11 is 0. The smallest absolute Gasteiger partial charge is 0.289 e. The van der Waals surface area contributed by atoms with Gasteiger partial charge in [0.15, 0.2) is 19.7 Å². The zero-order valence-corrected chi connectivity index (χ0v) is 24.2. The predicted octanol–water partition coefficient (Wildman–Crippen LogP) is 4.61. The number of rotatable bonds is 10. The molecular weight excluding hydrogens is 562 g/mol. The fraction of sp³-hybridized carbons (Fsp3) is 0.207. The fourth-order valence-corrected chi connectivity index (χ4v) is 8.86. The Balaban J connectivity index is 1.71. The van der Waals surface area contributed by atoms with E-state index in [4.69, 9.17) is 0 Å². The molecule has 41 heavy (non-hydrogen) atoms. The normalized spacial score (nSPS) is 12.4. The number of nitrogens with one attached hydrogen (secondary N) is 2. The summed E-state index contributed by atoms with van der Waals surface area (Å²) in [7, 11) is -8.28. The Kier molecular flexibility index (Phi) is 7.78. The van der Waals surface area contributed by atoms with Gasteiger partial charge in [0, 0.05) is 41.3 Å². The van der Waals surface area contributed by atoms with Crippen LogP contribution in [0.4, 0.5) is 0 Å². The number of fused-ring (bicyclic) bond motifs is 2. The maximum absolute atomic E-state index is 13.7. The monoisotopic (exact) mass is 591 g/mol. The minimum Gasteiger partial charge on any atom is -0.361 e. The molecule has 2 N–H and O–H groups in total. The third-order valence-corrected chi connectivity index (χ3v) is 10.7. The molecule has 0 unspecified atom stereocenters. The van der Waals surface area contributed by atoms with Crippen molar-refractivity contribution in [1.82, 2.24) is 19.8 Å². The number of carbonyl (C=O) groups excluding carboxylic acids is 1. The van der Waals surface area contributed by atoms with E-state index in [9.17, 15) is 21.6 Å². The van der Waals surface area contributed by atoms with Gasteiger partial charge in [0.1, 0.15) is 15.5 Å². The number of H-pyrrole nitrogens is 1. The lowest BCUT2D eigenvalue weighted by Crippen LogP contribution is -2.23. The SMILES string of the molecule is CCCS(=O)(=O)c1c(S(=O)(=O)CCC)c2cc(-c3ccncc3)ccn2c1C(=O)NN=Cc1c[nH]c2ccccc12. The van der Waals surface area contributed by atoms with E-state index in [1.807, 2.05) is 24.3 Å². The van der Waals surface area contributed by atoms with Crippen LogP contribution in [0.2, 0.25) is 0 Å². The molecule has 5 rings (SSSR count). The van der Waals surface area contributed by atoms with E-state index in [0.717, 1.165) is 16.5 Å². The van der Waals surface area contributed by atoms with Gasteiger partial charge >= 0.3 is 0 Å². The number of hydrazone groups is 1. The van der Waals surface area contributed by atoms with Crippen LogP contribution in [0.1, 0.15) is 42.7 Å². The third-order valence-electron chi connectivity index (χ3n) is 6.64. The molecule has 0 fully saturated rings. The van der Waals surface area contributed by atoms with E-state index in [1.54, 1.807) is 56.7 Å². The first-order chi connectivity index (χ1) is 19.7. The van der Waals surface area contributed by atoms with Gasteiger partial charge in [-0.25, -0.2) is 22.3 Å². The van der Waals surface area contributed by atoms with Gasteiger partial charge in [0.05, 0.1) is 23.2 Å². The molecule has 1 amide bonds. The Labute approximate surface area is 238 Å². The van der Waals surface area contributed by atoms with E-state index in [0.29, 0.717) is 11.1 Å². The van der Waals surface area contributed by atoms with Crippen LogP contribution in [0.15, 0.2) is 88.2 Å². The number of aromatic amines is 1. The molecule has 0 aliphatic rings. The molecule has 0 bridgehead atoms. The van der Waals surface area contributed by atoms with Crippen molar-refractivity contribution in [2.45, 2.75) is 36.5 Å². The minimum absolute atomic E-state index is 0.105. The number of carbonyl (C=O) groups is 1. The zero-order chi connectivity index (χ0) is 29.2. The number of para-hydroxylation sites is 1. The summed E-state index contributed by atoms with van der Waals surface area (Å²) in [6.45, 7) is 3.38. The second-order valence-electron chi connectivity index (χ2n) is 9.54. The summed E-state index contributed by atoms with van der Waals surface area (Å²) < 4.78 is 55.9. The van der Waals surface area contributed by atoms with E-state index in [2.05, 4.69) is 20.5 Å². The number of sulfone groups is 2. The Hall–Kier alpha value is -4.29. The molecule has 4 heterocycles. The van der Waals surface area contributed by atoms with Gasteiger partial charge in [-0.1, -0.05) is 32.0 Å². The second kappa shape index (κ2) is 11.3. The molecule has 12 heteroatoms. The Morgan fingerprint density at radius 2 is 1.63 bits per heavy atom. The van der Waals surface area contributed by atoms with Crippen LogP contribution in [-0.2, 0) is 19.7 Å². The van der Waals surface area contributed by atoms with Crippen molar-refractivity contribution in [2.24, 2.45) is 5.10 Å². The molecular formula is C29H29N5O5S2. The van der Waals surface area contributed by atoms with Crippen molar-refractivity contribution >= 4 is 48.2 Å². The lowest BCUT2D eigenvalue weighted by Gasteiger charge is -2.08. The summed E-state index contributed by atoms with van der Waals surface area (Å²) in [4.78, 5) is 19.9. The maximum atomic E-state index is 13.7. The topological polar surface area (TPSA) is 143 Å². The van der Waals surface area contributed by atoms with Gasteiger partial charge in [0.25, 0.3) is 5.91 Å². The van der Waals surface area contributed by atoms with Crippen LogP contribution < -0.4 is 5.43 Å². The van der Waals surface area contributed by atoms with Gasteiger partial charge in [-0.2, -0.15) is 5.10 Å². The Bertz CT molecular complexity index is 1990. The highest BCUT2D eigenvalue weighted by Gasteiger charge is 2.37. The molecule has 10 nitrogen and oxygen atoms in total. The van der Waals surface area contributed by atoms with E-state index in [1.165, 1.54) is 16.8 Å². The molecule has 0 aliphatic carbocycles. The Morgan fingerprint density at radius 1 is 0.951 bits per heavy atom. The van der Waals surface area contributed by atoms with Crippen LogP contribution >= 0.6 is 0 Å². The summed E-state index contributed by atoms with van der Waals surface area (Å²) in [5, 5.41) is 4.97. The number of pyridine rings is 2. The van der Waals surface area contributed by atoms with E-state index < -0.39 is 30.5 Å². The summed E-state index contributed by atoms with van der Waals surface area (Å²) in [5.41, 5.74) is 5.23. The van der Waals surface area contributed by atoms with Crippen LogP contribution in [-0.4, -0.2) is 54.8 Å². The van der Waals surface area contributed by atoms with Crippen LogP contribution in [0, 0.1) is 0 Å². The van der Waals surface area contributed by atoms with Gasteiger partial charge in [-0.3, -0.25) is 9.78 Å². The lowest BCUT2D eigenvalue weighted by atomic mass is 10.1. The van der Waals surface area contributed by atoms with Crippen molar-refractivity contribution in [2.75, 3.05) is 11.5 Å². The minimum atomic E-state index is -4.18. The number of amides is 1. The number of hydrogen-bond donors (Lipinski definition) is 2. The first-order valence-corrected chi connectivity index (χ1v) is 16.4. The molecule has 0 radical (unpaired) electrons. The molecule has 5 aromatic rings. The quantitative estimate of drug-likeness (QED) is 0.179. The first kappa shape index (κ1) is 28.2. The molecule has 4 aromatic heterocycles. The number of aromatic nitrogens is 3. The van der Waals surface area contributed by atoms with Crippen molar-refractivity contribution in [3.8, 4) is 11.1 Å². The van der Waals surface area contributed by atoms with Gasteiger partial charge < -0.3 is 9.38 Å². The molecule has 0 spiro atoms. The van der Waals surface area contributed by atoms with E-state index in [-0.39, 0.29) is 40.5 Å². The van der Waals surface area contributed by atoms with Gasteiger partial charge in [-0.05, 0) is 54.3 Å². The average Bonchev–Trinajstić information content (AvgIpc) is 3.53. The predicted molar refractivity (Wildman–Crippen MR) is 159 cm³/mol. The van der Waals surface area contributed by atoms with Crippen molar-refractivity contribution in [3.05, 3.63) is 84.6 Å². The highest BCUT2D eigenvalue weighted by atomic mass is 32.2. The molecule has 0 aliphatic heterocycles. The number of hydrogen-bond acceptors (Lipinski definition) is 7. The second-order valence-corrected chi connectivity index (χ2v) is 13.6. The molecule has 1 aromatic carbocycles. The highest BCUT2D eigenvalue weighted by Crippen LogP contribution is 2.36. The summed E-state index contributed by atoms with van der Waals surface area (Å²) in [6, 6.07) is 14.4. The van der Waals surface area contributed by atoms with Crippen LogP contribution in [0.25, 0.3) is 27.5 Å². The molecule has 0 atom stereocenters. The fourth-order valence-electron chi connectivity index (χ4n) is 4.88. The maximum Gasteiger partial charge on any atom is 0.289 e. The summed E-state index contributed by atoms with van der Waals surface area (Å²) in [6.07, 6.45) is 8.42. The largest absolute Gasteiger partial charge is 0.361 e. The van der Waals surface area contributed by atoms with Crippen LogP contribution in [0.5, 0.6) is 0 Å². The van der Waals surface area contributed by atoms with E-state index >= 15 is 0 Å². The third kappa shape index (κ3) is 5.40. The molecule has 0 saturated carbocycles. The number of nitrogens with zero attached hydrogens (tertiary/aromatic N) is 3. The van der Waals surface area contributed by atoms with Gasteiger partial charge in [0.2, 0.25) is 0 Å². The molecule has 0 saturated heterocycles. The summed E-state index contributed by atoms with van der Waals surface area (Å²) in [5.74, 6) is -1.45. The van der Waals surface area contributed by atoms with Crippen molar-refractivity contribution in [1.29, 1.82) is 0 Å². The highest BCUT2D eigenvalue weighted by molar-refractivity contribution is 7.94. The molecule has 212 valence electrons. The number of benzene rings is 1. The van der Waals surface area contributed by atoms with Gasteiger partial charge in [-0.15, -0.1) is 0 Å². The first-order valence-electron chi connectivity index (χ1n) is 13.1. The zero-order valence-electron chi connectivity index (χ0n) is 22.5. The van der Waals surface area contributed by atoms with Crippen molar-refractivity contribution in [3.63, 3.8) is 0 Å². The standard InChI is InChI=1S/C29H29N5O5S2/c1-3-15-40(36,37)27-25-17-21(20-9-12-30-13-10-20)11-14-34(25)26(28(27)41(38,39)16-4-2)29(35)33-32-19-22-18-31-24-8-6-5-7-23(22)24/h5-14,17-19,31H,3-4,15-16H2,1-2H3,(H,33,35). The average molecular weight is 592 g/mol. The Morgan fingerprint density at radius 3 is 2.34 bits per heavy atom. The van der Waals surface area contributed by atoms with Crippen molar-refractivity contribution < 1.29 is 21.6 Å². The van der Waals surface area contributed by atoms with Crippen LogP contribution in [0.3, 0.4) is 0 Å².